The first-order valence-electron chi connectivity index (χ1n) is 8.08. The largest absolute Gasteiger partial charge is 0.497 e. The van der Waals surface area contributed by atoms with Crippen molar-refractivity contribution in [2.45, 2.75) is 10.1 Å². The second-order valence-corrected chi connectivity index (χ2v) is 6.61. The van der Waals surface area contributed by atoms with Crippen molar-refractivity contribution in [1.29, 1.82) is 0 Å². The summed E-state index contributed by atoms with van der Waals surface area (Å²) in [5.41, 5.74) is 3.67. The van der Waals surface area contributed by atoms with E-state index >= 15 is 0 Å². The molecule has 0 atom stereocenters. The van der Waals surface area contributed by atoms with Crippen LogP contribution in [0.2, 0.25) is 0 Å². The number of H-pyrrole nitrogens is 1. The van der Waals surface area contributed by atoms with Crippen LogP contribution in [0.4, 0.5) is 0 Å². The van der Waals surface area contributed by atoms with E-state index in [-0.39, 0.29) is 0 Å². The molecule has 4 aromatic rings. The molecule has 130 valence electrons. The summed E-state index contributed by atoms with van der Waals surface area (Å²) in [6.07, 6.45) is 1.75. The highest BCUT2D eigenvalue weighted by Crippen LogP contribution is 2.36. The third kappa shape index (κ3) is 3.11. The van der Waals surface area contributed by atoms with Gasteiger partial charge >= 0.3 is 0 Å². The minimum absolute atomic E-state index is 0.758. The van der Waals surface area contributed by atoms with Gasteiger partial charge in [-0.2, -0.15) is 0 Å². The Labute approximate surface area is 155 Å². The van der Waals surface area contributed by atoms with Gasteiger partial charge in [0.05, 0.1) is 25.4 Å². The van der Waals surface area contributed by atoms with Crippen LogP contribution in [-0.4, -0.2) is 29.2 Å². The monoisotopic (exact) mass is 363 g/mol. The molecule has 0 aliphatic carbocycles. The fourth-order valence-corrected chi connectivity index (χ4v) is 3.69. The Morgan fingerprint density at radius 2 is 1.85 bits per heavy atom. The first kappa shape index (κ1) is 16.5. The lowest BCUT2D eigenvalue weighted by molar-refractivity contribution is 0.414. The van der Waals surface area contributed by atoms with E-state index in [4.69, 9.17) is 9.47 Å². The molecular formula is C20H17N3O2S. The van der Waals surface area contributed by atoms with Crippen molar-refractivity contribution in [3.05, 3.63) is 60.8 Å². The lowest BCUT2D eigenvalue weighted by atomic mass is 10.1. The van der Waals surface area contributed by atoms with E-state index in [0.29, 0.717) is 0 Å². The third-order valence-corrected chi connectivity index (χ3v) is 4.97. The topological polar surface area (TPSA) is 60.0 Å². The van der Waals surface area contributed by atoms with Crippen molar-refractivity contribution in [2.75, 3.05) is 14.2 Å². The van der Waals surface area contributed by atoms with Crippen molar-refractivity contribution < 1.29 is 9.47 Å². The van der Waals surface area contributed by atoms with Crippen molar-refractivity contribution in [3.8, 4) is 22.8 Å². The third-order valence-electron chi connectivity index (χ3n) is 4.01. The van der Waals surface area contributed by atoms with Gasteiger partial charge in [-0.05, 0) is 24.3 Å². The summed E-state index contributed by atoms with van der Waals surface area (Å²) in [4.78, 5) is 13.6. The smallest absolute Gasteiger partial charge is 0.171 e. The predicted molar refractivity (Wildman–Crippen MR) is 103 cm³/mol. The fraction of sp³-hybridized carbons (Fsp3) is 0.100. The molecule has 0 aliphatic rings. The van der Waals surface area contributed by atoms with Gasteiger partial charge in [-0.25, -0.2) is 4.98 Å². The minimum atomic E-state index is 0.758. The maximum absolute atomic E-state index is 5.39. The number of methoxy groups -OCH3 is 2. The number of benzene rings is 2. The average Bonchev–Trinajstić information content (AvgIpc) is 3.11. The van der Waals surface area contributed by atoms with Crippen LogP contribution in [0, 0.1) is 0 Å². The second-order valence-electron chi connectivity index (χ2n) is 5.58. The van der Waals surface area contributed by atoms with Crippen molar-refractivity contribution in [2.24, 2.45) is 0 Å². The number of rotatable bonds is 5. The Hall–Kier alpha value is -2.99. The Morgan fingerprint density at radius 1 is 0.962 bits per heavy atom. The molecule has 0 unspecified atom stereocenters. The van der Waals surface area contributed by atoms with Gasteiger partial charge in [0.15, 0.2) is 5.16 Å². The Kier molecular flexibility index (Phi) is 4.50. The van der Waals surface area contributed by atoms with Gasteiger partial charge in [-0.15, -0.1) is 0 Å². The first-order valence-corrected chi connectivity index (χ1v) is 8.90. The van der Waals surface area contributed by atoms with Crippen LogP contribution in [0.25, 0.3) is 22.3 Å². The summed E-state index contributed by atoms with van der Waals surface area (Å²) in [5, 5.41) is 0.805. The molecule has 0 saturated heterocycles. The highest BCUT2D eigenvalue weighted by Gasteiger charge is 2.12. The van der Waals surface area contributed by atoms with E-state index < -0.39 is 0 Å². The fourth-order valence-electron chi connectivity index (χ4n) is 2.75. The SMILES string of the molecule is COc1ccnc(-c2ccccc2Sc2nc3c(OC)cccc3[nH]2)c1. The number of nitrogens with one attached hydrogen (secondary N) is 1. The van der Waals surface area contributed by atoms with Crippen LogP contribution in [0.1, 0.15) is 0 Å². The van der Waals surface area contributed by atoms with Gasteiger partial charge in [0, 0.05) is 22.7 Å². The molecule has 0 spiro atoms. The van der Waals surface area contributed by atoms with Gasteiger partial charge in [0.1, 0.15) is 17.0 Å². The molecule has 4 rings (SSSR count). The summed E-state index contributed by atoms with van der Waals surface area (Å²) >= 11 is 1.56. The van der Waals surface area contributed by atoms with Gasteiger partial charge in [0.2, 0.25) is 0 Å². The molecule has 0 saturated carbocycles. The highest BCUT2D eigenvalue weighted by molar-refractivity contribution is 7.99. The van der Waals surface area contributed by atoms with Crippen LogP contribution >= 0.6 is 11.8 Å². The van der Waals surface area contributed by atoms with Gasteiger partial charge in [-0.3, -0.25) is 4.98 Å². The molecule has 0 radical (unpaired) electrons. The molecule has 0 aliphatic heterocycles. The van der Waals surface area contributed by atoms with Gasteiger partial charge in [-0.1, -0.05) is 36.0 Å². The standard InChI is InChI=1S/C20H17N3O2S/c1-24-13-10-11-21-16(12-13)14-6-3-4-9-18(14)26-20-22-15-7-5-8-17(25-2)19(15)23-20/h3-12H,1-2H3,(H,22,23). The normalized spacial score (nSPS) is 10.8. The molecule has 2 heterocycles. The number of nitrogens with zero attached hydrogens (tertiary/aromatic N) is 2. The maximum Gasteiger partial charge on any atom is 0.171 e. The van der Waals surface area contributed by atoms with E-state index in [1.807, 2.05) is 48.5 Å². The lowest BCUT2D eigenvalue weighted by Gasteiger charge is -2.08. The number of aromatic amines is 1. The number of aromatic nitrogens is 3. The second kappa shape index (κ2) is 7.09. The number of pyridine rings is 1. The summed E-state index contributed by atoms with van der Waals surface area (Å²) in [7, 11) is 3.31. The summed E-state index contributed by atoms with van der Waals surface area (Å²) < 4.78 is 10.7. The molecule has 6 heteroatoms. The molecule has 2 aromatic heterocycles. The van der Waals surface area contributed by atoms with E-state index in [1.54, 1.807) is 32.2 Å². The summed E-state index contributed by atoms with van der Waals surface area (Å²) in [6, 6.07) is 17.7. The average molecular weight is 363 g/mol. The zero-order chi connectivity index (χ0) is 17.9. The number of para-hydroxylation sites is 1. The Bertz CT molecular complexity index is 1060. The zero-order valence-electron chi connectivity index (χ0n) is 14.4. The molecule has 5 nitrogen and oxygen atoms in total. The van der Waals surface area contributed by atoms with Crippen molar-refractivity contribution in [1.82, 2.24) is 15.0 Å². The van der Waals surface area contributed by atoms with Crippen LogP contribution in [0.5, 0.6) is 11.5 Å². The number of imidazole rings is 1. The van der Waals surface area contributed by atoms with Crippen LogP contribution < -0.4 is 9.47 Å². The molecule has 2 aromatic carbocycles. The van der Waals surface area contributed by atoms with E-state index in [2.05, 4.69) is 21.0 Å². The van der Waals surface area contributed by atoms with Gasteiger partial charge < -0.3 is 14.5 Å². The lowest BCUT2D eigenvalue weighted by Crippen LogP contribution is -1.89. The number of hydrogen-bond donors (Lipinski definition) is 1. The minimum Gasteiger partial charge on any atom is -0.497 e. The van der Waals surface area contributed by atoms with Gasteiger partial charge in [0.25, 0.3) is 0 Å². The summed E-state index contributed by atoms with van der Waals surface area (Å²) in [5.74, 6) is 1.54. The number of hydrogen-bond acceptors (Lipinski definition) is 5. The Balaban J connectivity index is 1.73. The van der Waals surface area contributed by atoms with Crippen molar-refractivity contribution in [3.63, 3.8) is 0 Å². The maximum atomic E-state index is 5.39. The molecule has 0 bridgehead atoms. The molecular weight excluding hydrogens is 346 g/mol. The molecule has 0 fully saturated rings. The Morgan fingerprint density at radius 3 is 2.69 bits per heavy atom. The van der Waals surface area contributed by atoms with Crippen LogP contribution in [0.15, 0.2) is 70.8 Å². The van der Waals surface area contributed by atoms with E-state index in [9.17, 15) is 0 Å². The first-order chi connectivity index (χ1) is 12.8. The highest BCUT2D eigenvalue weighted by atomic mass is 32.2. The van der Waals surface area contributed by atoms with Crippen LogP contribution in [0.3, 0.4) is 0 Å². The molecule has 26 heavy (non-hydrogen) atoms. The van der Waals surface area contributed by atoms with Crippen molar-refractivity contribution >= 4 is 22.8 Å². The summed E-state index contributed by atoms with van der Waals surface area (Å²) in [6.45, 7) is 0. The zero-order valence-corrected chi connectivity index (χ0v) is 15.2. The van der Waals surface area contributed by atoms with E-state index in [1.165, 1.54) is 0 Å². The molecule has 0 amide bonds. The van der Waals surface area contributed by atoms with Crippen LogP contribution in [-0.2, 0) is 0 Å². The number of fused-ring (bicyclic) bond motifs is 1. The number of ether oxygens (including phenoxy) is 2. The predicted octanol–water partition coefficient (Wildman–Crippen LogP) is 4.79. The molecule has 1 N–H and O–H groups in total. The van der Waals surface area contributed by atoms with E-state index in [0.717, 1.165) is 43.8 Å². The quantitative estimate of drug-likeness (QED) is 0.552.